The van der Waals surface area contributed by atoms with Gasteiger partial charge in [0.15, 0.2) is 0 Å². The number of hydrogen-bond donors (Lipinski definition) is 0. The van der Waals surface area contributed by atoms with Crippen molar-refractivity contribution in [1.82, 2.24) is 4.90 Å². The lowest BCUT2D eigenvalue weighted by Gasteiger charge is -2.43. The Morgan fingerprint density at radius 2 is 1.95 bits per heavy atom. The topological polar surface area (TPSA) is 3.24 Å². The van der Waals surface area contributed by atoms with Crippen LogP contribution in [0.5, 0.6) is 0 Å². The van der Waals surface area contributed by atoms with Crippen LogP contribution in [0.1, 0.15) is 58.8 Å². The van der Waals surface area contributed by atoms with E-state index in [2.05, 4.69) is 38.0 Å². The van der Waals surface area contributed by atoms with Crippen molar-refractivity contribution in [3.8, 4) is 0 Å². The zero-order valence-corrected chi connectivity index (χ0v) is 13.7. The second-order valence-corrected chi connectivity index (χ2v) is 7.59. The molecule has 0 radical (unpaired) electrons. The summed E-state index contributed by atoms with van der Waals surface area (Å²) in [5.74, 6) is 1.73. The molecule has 0 spiro atoms. The van der Waals surface area contributed by atoms with E-state index in [0.717, 1.165) is 18.3 Å². The molecule has 1 saturated carbocycles. The molecule has 0 aromatic rings. The van der Waals surface area contributed by atoms with Crippen LogP contribution in [0.15, 0.2) is 24.8 Å². The minimum Gasteiger partial charge on any atom is -0.303 e. The van der Waals surface area contributed by atoms with Crippen LogP contribution < -0.4 is 0 Å². The van der Waals surface area contributed by atoms with E-state index in [1.807, 2.05) is 0 Å². The molecule has 1 aliphatic heterocycles. The Labute approximate surface area is 126 Å². The number of piperidine rings is 1. The van der Waals surface area contributed by atoms with Gasteiger partial charge < -0.3 is 4.90 Å². The highest BCUT2D eigenvalue weighted by molar-refractivity contribution is 5.06. The average Bonchev–Trinajstić information content (AvgIpc) is 2.91. The van der Waals surface area contributed by atoms with E-state index in [0.29, 0.717) is 0 Å². The first-order chi connectivity index (χ1) is 9.53. The van der Waals surface area contributed by atoms with Gasteiger partial charge in [0.1, 0.15) is 0 Å². The standard InChI is InChI=1S/C19H33N/c1-5-19(4,13-16(2)3)18-11-8-12-20(15-18)14-17-9-6-7-10-17/h5,17-18H,1-2,6-15H2,3-4H3/t18?,19-/m0/s1. The zero-order valence-electron chi connectivity index (χ0n) is 13.7. The predicted octanol–water partition coefficient (Wildman–Crippen LogP) is 5.05. The van der Waals surface area contributed by atoms with Crippen molar-refractivity contribution in [3.63, 3.8) is 0 Å². The molecule has 20 heavy (non-hydrogen) atoms. The van der Waals surface area contributed by atoms with Crippen LogP contribution in [0.25, 0.3) is 0 Å². The molecule has 2 atom stereocenters. The first kappa shape index (κ1) is 15.8. The van der Waals surface area contributed by atoms with E-state index in [-0.39, 0.29) is 5.41 Å². The highest BCUT2D eigenvalue weighted by atomic mass is 15.1. The third-order valence-corrected chi connectivity index (χ3v) is 5.58. The molecule has 2 rings (SSSR count). The lowest BCUT2D eigenvalue weighted by atomic mass is 9.70. The Balaban J connectivity index is 1.93. The van der Waals surface area contributed by atoms with Gasteiger partial charge in [-0.25, -0.2) is 0 Å². The summed E-state index contributed by atoms with van der Waals surface area (Å²) in [5, 5.41) is 0. The summed E-state index contributed by atoms with van der Waals surface area (Å²) >= 11 is 0. The van der Waals surface area contributed by atoms with Crippen molar-refractivity contribution in [2.45, 2.75) is 58.8 Å². The Bertz CT molecular complexity index is 340. The van der Waals surface area contributed by atoms with Crippen molar-refractivity contribution in [2.75, 3.05) is 19.6 Å². The van der Waals surface area contributed by atoms with Crippen LogP contribution in [-0.2, 0) is 0 Å². The van der Waals surface area contributed by atoms with Crippen molar-refractivity contribution in [1.29, 1.82) is 0 Å². The van der Waals surface area contributed by atoms with Gasteiger partial charge >= 0.3 is 0 Å². The number of hydrogen-bond acceptors (Lipinski definition) is 1. The number of likely N-dealkylation sites (tertiary alicyclic amines) is 1. The third kappa shape index (κ3) is 3.97. The van der Waals surface area contributed by atoms with Gasteiger partial charge in [-0.2, -0.15) is 0 Å². The summed E-state index contributed by atoms with van der Waals surface area (Å²) in [6.45, 7) is 16.7. The summed E-state index contributed by atoms with van der Waals surface area (Å²) in [6.07, 6.45) is 11.9. The van der Waals surface area contributed by atoms with Gasteiger partial charge in [0.2, 0.25) is 0 Å². The second kappa shape index (κ2) is 6.93. The lowest BCUT2D eigenvalue weighted by Crippen LogP contribution is -2.43. The highest BCUT2D eigenvalue weighted by Gasteiger charge is 2.35. The number of allylic oxidation sites excluding steroid dienone is 2. The number of nitrogens with zero attached hydrogens (tertiary/aromatic N) is 1. The first-order valence-electron chi connectivity index (χ1n) is 8.54. The molecule has 1 heterocycles. The molecule has 1 saturated heterocycles. The molecule has 1 nitrogen and oxygen atoms in total. The van der Waals surface area contributed by atoms with E-state index < -0.39 is 0 Å². The first-order valence-corrected chi connectivity index (χ1v) is 8.54. The maximum absolute atomic E-state index is 4.13. The highest BCUT2D eigenvalue weighted by Crippen LogP contribution is 2.40. The molecule has 1 heteroatoms. The van der Waals surface area contributed by atoms with Gasteiger partial charge in [-0.3, -0.25) is 0 Å². The monoisotopic (exact) mass is 275 g/mol. The van der Waals surface area contributed by atoms with E-state index >= 15 is 0 Å². The molecule has 1 aliphatic carbocycles. The van der Waals surface area contributed by atoms with Gasteiger partial charge in [0, 0.05) is 13.1 Å². The van der Waals surface area contributed by atoms with Gasteiger partial charge in [0.05, 0.1) is 0 Å². The average molecular weight is 275 g/mol. The molecule has 0 N–H and O–H groups in total. The largest absolute Gasteiger partial charge is 0.303 e. The molecular weight excluding hydrogens is 242 g/mol. The number of rotatable bonds is 6. The molecule has 0 aromatic carbocycles. The Morgan fingerprint density at radius 1 is 1.25 bits per heavy atom. The van der Waals surface area contributed by atoms with E-state index in [1.54, 1.807) is 0 Å². The molecule has 2 aliphatic rings. The molecule has 0 bridgehead atoms. The third-order valence-electron chi connectivity index (χ3n) is 5.58. The lowest BCUT2D eigenvalue weighted by molar-refractivity contribution is 0.0931. The fraction of sp³-hybridized carbons (Fsp3) is 0.789. The fourth-order valence-electron chi connectivity index (χ4n) is 4.35. The molecular formula is C19H33N. The van der Waals surface area contributed by atoms with Crippen LogP contribution in [0, 0.1) is 17.3 Å². The Hall–Kier alpha value is -0.560. The van der Waals surface area contributed by atoms with Crippen LogP contribution in [0.4, 0.5) is 0 Å². The summed E-state index contributed by atoms with van der Waals surface area (Å²) < 4.78 is 0. The van der Waals surface area contributed by atoms with Gasteiger partial charge in [0.25, 0.3) is 0 Å². The van der Waals surface area contributed by atoms with Crippen molar-refractivity contribution >= 4 is 0 Å². The van der Waals surface area contributed by atoms with Gasteiger partial charge in [-0.1, -0.05) is 31.4 Å². The maximum atomic E-state index is 4.13. The molecule has 1 unspecified atom stereocenters. The smallest absolute Gasteiger partial charge is 0.00181 e. The van der Waals surface area contributed by atoms with Crippen LogP contribution in [0.2, 0.25) is 0 Å². The molecule has 0 amide bonds. The summed E-state index contributed by atoms with van der Waals surface area (Å²) in [7, 11) is 0. The molecule has 2 fully saturated rings. The van der Waals surface area contributed by atoms with Crippen molar-refractivity contribution in [2.24, 2.45) is 17.3 Å². The summed E-state index contributed by atoms with van der Waals surface area (Å²) in [5.41, 5.74) is 1.53. The molecule has 0 aromatic heterocycles. The van der Waals surface area contributed by atoms with E-state index in [9.17, 15) is 0 Å². The fourth-order valence-corrected chi connectivity index (χ4v) is 4.35. The summed E-state index contributed by atoms with van der Waals surface area (Å²) in [6, 6.07) is 0. The Kier molecular flexibility index (Phi) is 5.49. The quantitative estimate of drug-likeness (QED) is 0.613. The van der Waals surface area contributed by atoms with E-state index in [1.165, 1.54) is 63.7 Å². The minimum atomic E-state index is 0.236. The second-order valence-electron chi connectivity index (χ2n) is 7.59. The Morgan fingerprint density at radius 3 is 2.55 bits per heavy atom. The van der Waals surface area contributed by atoms with Crippen LogP contribution in [0.3, 0.4) is 0 Å². The predicted molar refractivity (Wildman–Crippen MR) is 88.9 cm³/mol. The SMILES string of the molecule is C=C[C@@](C)(CC(=C)C)C1CCCN(CC2CCCC2)C1. The molecule has 114 valence electrons. The van der Waals surface area contributed by atoms with Gasteiger partial charge in [-0.05, 0) is 62.8 Å². The summed E-state index contributed by atoms with van der Waals surface area (Å²) in [4.78, 5) is 2.74. The minimum absolute atomic E-state index is 0.236. The zero-order chi connectivity index (χ0) is 14.6. The van der Waals surface area contributed by atoms with Gasteiger partial charge in [-0.15, -0.1) is 13.2 Å². The van der Waals surface area contributed by atoms with Crippen LogP contribution >= 0.6 is 0 Å². The van der Waals surface area contributed by atoms with E-state index in [4.69, 9.17) is 0 Å². The normalized spacial score (nSPS) is 28.2. The van der Waals surface area contributed by atoms with Crippen molar-refractivity contribution < 1.29 is 0 Å². The van der Waals surface area contributed by atoms with Crippen molar-refractivity contribution in [3.05, 3.63) is 24.8 Å². The maximum Gasteiger partial charge on any atom is 0.00181 e. The van der Waals surface area contributed by atoms with Crippen LogP contribution in [-0.4, -0.2) is 24.5 Å².